The molecule has 1 saturated heterocycles. The third-order valence-corrected chi connectivity index (χ3v) is 4.29. The third-order valence-electron chi connectivity index (χ3n) is 4.29. The summed E-state index contributed by atoms with van der Waals surface area (Å²) < 4.78 is 16.2. The highest BCUT2D eigenvalue weighted by molar-refractivity contribution is 6.39. The quantitative estimate of drug-likeness (QED) is 0.557. The van der Waals surface area contributed by atoms with Gasteiger partial charge < -0.3 is 14.2 Å². The molecule has 8 heteroatoms. The molecule has 1 heterocycles. The lowest BCUT2D eigenvalue weighted by Crippen LogP contribution is -2.54. The number of barbiturate groups is 1. The van der Waals surface area contributed by atoms with Gasteiger partial charge in [-0.15, -0.1) is 0 Å². The predicted molar refractivity (Wildman–Crippen MR) is 111 cm³/mol. The van der Waals surface area contributed by atoms with Gasteiger partial charge in [-0.1, -0.05) is 12.1 Å². The van der Waals surface area contributed by atoms with Crippen molar-refractivity contribution in [3.05, 3.63) is 53.6 Å². The molecule has 1 aliphatic rings. The van der Waals surface area contributed by atoms with E-state index in [1.807, 2.05) is 6.92 Å². The molecule has 0 aromatic heterocycles. The highest BCUT2D eigenvalue weighted by atomic mass is 16.5. The molecule has 30 heavy (non-hydrogen) atoms. The van der Waals surface area contributed by atoms with Gasteiger partial charge in [0.25, 0.3) is 11.8 Å². The summed E-state index contributed by atoms with van der Waals surface area (Å²) in [5, 5.41) is 2.21. The number of anilines is 1. The lowest BCUT2D eigenvalue weighted by Gasteiger charge is -2.28. The molecule has 1 fully saturated rings. The van der Waals surface area contributed by atoms with E-state index in [1.54, 1.807) is 43.3 Å². The fourth-order valence-electron chi connectivity index (χ4n) is 2.98. The summed E-state index contributed by atoms with van der Waals surface area (Å²) in [5.74, 6) is -0.181. The number of imide groups is 2. The van der Waals surface area contributed by atoms with E-state index >= 15 is 0 Å². The molecule has 0 spiro atoms. The Morgan fingerprint density at radius 3 is 2.43 bits per heavy atom. The van der Waals surface area contributed by atoms with Crippen LogP contribution < -0.4 is 24.4 Å². The van der Waals surface area contributed by atoms with Gasteiger partial charge in [-0.25, -0.2) is 9.69 Å². The average Bonchev–Trinajstić information content (AvgIpc) is 2.73. The first-order valence-corrected chi connectivity index (χ1v) is 9.43. The number of carbonyl (C=O) groups is 3. The number of ether oxygens (including phenoxy) is 3. The summed E-state index contributed by atoms with van der Waals surface area (Å²) in [7, 11) is 1.52. The largest absolute Gasteiger partial charge is 0.497 e. The number of hydrogen-bond donors (Lipinski definition) is 1. The van der Waals surface area contributed by atoms with E-state index in [9.17, 15) is 14.4 Å². The molecule has 8 nitrogen and oxygen atoms in total. The first kappa shape index (κ1) is 20.9. The number of nitrogens with one attached hydrogen (secondary N) is 1. The molecule has 0 aliphatic carbocycles. The third kappa shape index (κ3) is 4.27. The number of carbonyl (C=O) groups excluding carboxylic acids is 3. The van der Waals surface area contributed by atoms with Gasteiger partial charge in [0.05, 0.1) is 26.0 Å². The van der Waals surface area contributed by atoms with E-state index in [0.717, 1.165) is 4.90 Å². The number of hydrogen-bond acceptors (Lipinski definition) is 6. The van der Waals surface area contributed by atoms with Gasteiger partial charge in [-0.2, -0.15) is 0 Å². The van der Waals surface area contributed by atoms with Gasteiger partial charge in [-0.05, 0) is 49.8 Å². The van der Waals surface area contributed by atoms with E-state index in [0.29, 0.717) is 36.0 Å². The molecule has 4 amide bonds. The second-order valence-corrected chi connectivity index (χ2v) is 6.23. The molecule has 0 atom stereocenters. The summed E-state index contributed by atoms with van der Waals surface area (Å²) in [5.41, 5.74) is 0.580. The highest BCUT2D eigenvalue weighted by Gasteiger charge is 2.38. The lowest BCUT2D eigenvalue weighted by atomic mass is 10.1. The number of urea groups is 1. The molecular formula is C22H22N2O6. The average molecular weight is 410 g/mol. The van der Waals surface area contributed by atoms with Crippen LogP contribution in [0.25, 0.3) is 6.08 Å². The molecule has 2 aromatic rings. The SMILES string of the molecule is CCOc1ccc(OCC)c(N2C(=O)NC(=O)/C(=C\c3cccc(OC)c3)C2=O)c1. The maximum atomic E-state index is 13.2. The number of benzene rings is 2. The Hall–Kier alpha value is -3.81. The summed E-state index contributed by atoms with van der Waals surface area (Å²) in [6.07, 6.45) is 1.41. The van der Waals surface area contributed by atoms with Crippen LogP contribution in [0.4, 0.5) is 10.5 Å². The molecule has 2 aromatic carbocycles. The molecule has 0 saturated carbocycles. The Morgan fingerprint density at radius 2 is 1.73 bits per heavy atom. The zero-order valence-corrected chi connectivity index (χ0v) is 16.9. The normalized spacial score (nSPS) is 15.2. The van der Waals surface area contributed by atoms with E-state index in [2.05, 4.69) is 5.32 Å². The van der Waals surface area contributed by atoms with E-state index in [-0.39, 0.29) is 11.3 Å². The molecule has 0 unspecified atom stereocenters. The fraction of sp³-hybridized carbons (Fsp3) is 0.227. The van der Waals surface area contributed by atoms with Gasteiger partial charge in [-0.3, -0.25) is 14.9 Å². The number of amides is 4. The van der Waals surface area contributed by atoms with Crippen LogP contribution >= 0.6 is 0 Å². The Balaban J connectivity index is 2.06. The van der Waals surface area contributed by atoms with Crippen molar-refractivity contribution in [3.63, 3.8) is 0 Å². The minimum absolute atomic E-state index is 0.188. The van der Waals surface area contributed by atoms with Crippen molar-refractivity contribution in [3.8, 4) is 17.2 Å². The van der Waals surface area contributed by atoms with Crippen molar-refractivity contribution < 1.29 is 28.6 Å². The van der Waals surface area contributed by atoms with Crippen molar-refractivity contribution >= 4 is 29.6 Å². The Bertz CT molecular complexity index is 1010. The Kier molecular flexibility index (Phi) is 6.36. The molecule has 0 radical (unpaired) electrons. The van der Waals surface area contributed by atoms with Crippen LogP contribution in [0.2, 0.25) is 0 Å². The van der Waals surface area contributed by atoms with Crippen molar-refractivity contribution in [1.29, 1.82) is 0 Å². The highest BCUT2D eigenvalue weighted by Crippen LogP contribution is 2.35. The van der Waals surface area contributed by atoms with Crippen LogP contribution in [-0.4, -0.2) is 38.2 Å². The summed E-state index contributed by atoms with van der Waals surface area (Å²) in [6, 6.07) is 10.8. The molecule has 1 N–H and O–H groups in total. The smallest absolute Gasteiger partial charge is 0.336 e. The second-order valence-electron chi connectivity index (χ2n) is 6.23. The minimum atomic E-state index is -0.859. The van der Waals surface area contributed by atoms with Crippen LogP contribution in [0, 0.1) is 0 Å². The van der Waals surface area contributed by atoms with Crippen molar-refractivity contribution in [2.45, 2.75) is 13.8 Å². The van der Waals surface area contributed by atoms with E-state index < -0.39 is 17.8 Å². The number of nitrogens with zero attached hydrogens (tertiary/aromatic N) is 1. The molecule has 3 rings (SSSR count). The monoisotopic (exact) mass is 410 g/mol. The zero-order chi connectivity index (χ0) is 21.7. The standard InChI is InChI=1S/C22H22N2O6/c1-4-29-16-9-10-19(30-5-2)18(13-16)24-21(26)17(20(25)23-22(24)27)12-14-7-6-8-15(11-14)28-3/h6-13H,4-5H2,1-3H3,(H,23,25,27)/b17-12+. The maximum Gasteiger partial charge on any atom is 0.336 e. The molecular weight excluding hydrogens is 388 g/mol. The van der Waals surface area contributed by atoms with E-state index in [1.165, 1.54) is 19.3 Å². The number of methoxy groups -OCH3 is 1. The van der Waals surface area contributed by atoms with Gasteiger partial charge in [0.15, 0.2) is 0 Å². The zero-order valence-electron chi connectivity index (χ0n) is 16.9. The van der Waals surface area contributed by atoms with Crippen LogP contribution in [0.15, 0.2) is 48.0 Å². The van der Waals surface area contributed by atoms with Crippen LogP contribution in [-0.2, 0) is 9.59 Å². The predicted octanol–water partition coefficient (Wildman–Crippen LogP) is 3.16. The Morgan fingerprint density at radius 1 is 0.967 bits per heavy atom. The lowest BCUT2D eigenvalue weighted by molar-refractivity contribution is -0.122. The van der Waals surface area contributed by atoms with E-state index in [4.69, 9.17) is 14.2 Å². The molecule has 1 aliphatic heterocycles. The van der Waals surface area contributed by atoms with Gasteiger partial charge >= 0.3 is 6.03 Å². The van der Waals surface area contributed by atoms with Crippen molar-refractivity contribution in [2.24, 2.45) is 0 Å². The van der Waals surface area contributed by atoms with Crippen LogP contribution in [0.3, 0.4) is 0 Å². The van der Waals surface area contributed by atoms with Crippen molar-refractivity contribution in [2.75, 3.05) is 25.2 Å². The number of rotatable bonds is 7. The summed E-state index contributed by atoms with van der Waals surface area (Å²) >= 11 is 0. The second kappa shape index (κ2) is 9.13. The summed E-state index contributed by atoms with van der Waals surface area (Å²) in [4.78, 5) is 39.0. The van der Waals surface area contributed by atoms with Crippen LogP contribution in [0.1, 0.15) is 19.4 Å². The first-order valence-electron chi connectivity index (χ1n) is 9.43. The topological polar surface area (TPSA) is 94.2 Å². The molecule has 156 valence electrons. The molecule has 0 bridgehead atoms. The van der Waals surface area contributed by atoms with Gasteiger partial charge in [0, 0.05) is 6.07 Å². The van der Waals surface area contributed by atoms with Gasteiger partial charge in [0.2, 0.25) is 0 Å². The maximum absolute atomic E-state index is 13.2. The summed E-state index contributed by atoms with van der Waals surface area (Å²) in [6.45, 7) is 4.35. The first-order chi connectivity index (χ1) is 14.5. The fourth-order valence-corrected chi connectivity index (χ4v) is 2.98. The van der Waals surface area contributed by atoms with Crippen LogP contribution in [0.5, 0.6) is 17.2 Å². The Labute approximate surface area is 174 Å². The van der Waals surface area contributed by atoms with Crippen molar-refractivity contribution in [1.82, 2.24) is 5.32 Å². The van der Waals surface area contributed by atoms with Gasteiger partial charge in [0.1, 0.15) is 22.8 Å². The minimum Gasteiger partial charge on any atom is -0.497 e.